The minimum atomic E-state index is -3.79. The van der Waals surface area contributed by atoms with Gasteiger partial charge in [0.1, 0.15) is 0 Å². The Morgan fingerprint density at radius 1 is 0.909 bits per heavy atom. The number of anilines is 1. The summed E-state index contributed by atoms with van der Waals surface area (Å²) in [6, 6.07) is 16.4. The van der Waals surface area contributed by atoms with Gasteiger partial charge in [-0.25, -0.2) is 8.42 Å². The van der Waals surface area contributed by atoms with Crippen LogP contribution in [0.3, 0.4) is 0 Å². The summed E-state index contributed by atoms with van der Waals surface area (Å²) in [5, 5.41) is 4.00. The van der Waals surface area contributed by atoms with Gasteiger partial charge in [0, 0.05) is 23.6 Å². The van der Waals surface area contributed by atoms with E-state index in [4.69, 9.17) is 34.8 Å². The van der Waals surface area contributed by atoms with Crippen LogP contribution < -0.4 is 10.0 Å². The maximum Gasteiger partial charge on any atom is 0.261 e. The number of sulfonamides is 1. The van der Waals surface area contributed by atoms with Crippen LogP contribution in [0.2, 0.25) is 15.1 Å². The maximum absolute atomic E-state index is 12.6. The van der Waals surface area contributed by atoms with Crippen molar-refractivity contribution < 1.29 is 13.2 Å². The number of hydrogen-bond donors (Lipinski definition) is 2. The van der Waals surface area contributed by atoms with Crippen molar-refractivity contribution in [2.45, 2.75) is 17.6 Å². The van der Waals surface area contributed by atoms with Crippen molar-refractivity contribution in [2.24, 2.45) is 0 Å². The van der Waals surface area contributed by atoms with Crippen LogP contribution in [0.25, 0.3) is 0 Å². The summed E-state index contributed by atoms with van der Waals surface area (Å²) in [4.78, 5) is 12.5. The topological polar surface area (TPSA) is 75.3 Å². The Morgan fingerprint density at radius 3 is 2.30 bits per heavy atom. The zero-order valence-corrected chi connectivity index (χ0v) is 21.5. The Labute approximate surface area is 212 Å². The molecule has 33 heavy (non-hydrogen) atoms. The van der Waals surface area contributed by atoms with E-state index < -0.39 is 10.0 Å². The number of thioether (sulfide) groups is 1. The fraction of sp³-hybridized carbons (Fsp3) is 0.174. The molecule has 0 aliphatic heterocycles. The molecule has 10 heteroatoms. The number of carbonyl (C=O) groups is 1. The molecule has 0 aromatic heterocycles. The van der Waals surface area contributed by atoms with Crippen LogP contribution in [-0.2, 0) is 15.8 Å². The lowest BCUT2D eigenvalue weighted by molar-refractivity contribution is 0.0956. The lowest BCUT2D eigenvalue weighted by Gasteiger charge is -2.11. The molecule has 2 N–H and O–H groups in total. The molecule has 0 unspecified atom stereocenters. The fourth-order valence-corrected chi connectivity index (χ4v) is 5.31. The summed E-state index contributed by atoms with van der Waals surface area (Å²) in [6.07, 6.45) is 0. The highest BCUT2D eigenvalue weighted by Crippen LogP contribution is 2.26. The number of rotatable bonds is 9. The first-order valence-corrected chi connectivity index (χ1v) is 13.6. The van der Waals surface area contributed by atoms with E-state index in [-0.39, 0.29) is 21.5 Å². The number of hydrogen-bond acceptors (Lipinski definition) is 4. The highest BCUT2D eigenvalue weighted by molar-refractivity contribution is 7.98. The lowest BCUT2D eigenvalue weighted by Crippen LogP contribution is -2.25. The van der Waals surface area contributed by atoms with E-state index in [0.29, 0.717) is 27.9 Å². The van der Waals surface area contributed by atoms with Gasteiger partial charge < -0.3 is 5.32 Å². The average Bonchev–Trinajstić information content (AvgIpc) is 2.77. The molecule has 5 nitrogen and oxygen atoms in total. The van der Waals surface area contributed by atoms with Crippen molar-refractivity contribution in [2.75, 3.05) is 17.0 Å². The number of aryl methyl sites for hydroxylation is 1. The van der Waals surface area contributed by atoms with Crippen molar-refractivity contribution in [1.82, 2.24) is 5.32 Å². The maximum atomic E-state index is 12.6. The molecule has 0 atom stereocenters. The Balaban J connectivity index is 1.51. The molecule has 3 rings (SSSR count). The number of benzene rings is 3. The lowest BCUT2D eigenvalue weighted by atomic mass is 10.2. The standard InChI is InChI=1S/C23H21Cl3N2O3S2/c1-15-2-6-18(7-3-15)33(30,31)28-22-9-5-17(13-21(22)26)23(29)27-10-11-32-14-16-4-8-19(24)20(25)12-16/h2-9,12-13,28H,10-11,14H2,1H3,(H,27,29). The molecule has 0 saturated carbocycles. The first kappa shape index (κ1) is 25.7. The second kappa shape index (κ2) is 11.5. The quantitative estimate of drug-likeness (QED) is 0.305. The van der Waals surface area contributed by atoms with Gasteiger partial charge in [-0.2, -0.15) is 11.8 Å². The van der Waals surface area contributed by atoms with E-state index >= 15 is 0 Å². The van der Waals surface area contributed by atoms with Gasteiger partial charge in [0.05, 0.1) is 25.7 Å². The van der Waals surface area contributed by atoms with E-state index in [2.05, 4.69) is 10.0 Å². The Bertz CT molecular complexity index is 1250. The molecule has 0 spiro atoms. The summed E-state index contributed by atoms with van der Waals surface area (Å²) in [6.45, 7) is 2.34. The third-order valence-corrected chi connectivity index (χ3v) is 8.05. The van der Waals surface area contributed by atoms with Crippen molar-refractivity contribution in [1.29, 1.82) is 0 Å². The monoisotopic (exact) mass is 542 g/mol. The van der Waals surface area contributed by atoms with Gasteiger partial charge >= 0.3 is 0 Å². The van der Waals surface area contributed by atoms with Gasteiger partial charge in [-0.3, -0.25) is 9.52 Å². The van der Waals surface area contributed by atoms with Gasteiger partial charge in [-0.05, 0) is 55.0 Å². The first-order valence-electron chi connectivity index (χ1n) is 9.84. The van der Waals surface area contributed by atoms with E-state index in [0.717, 1.165) is 16.9 Å². The zero-order chi connectivity index (χ0) is 24.0. The third-order valence-electron chi connectivity index (χ3n) is 4.59. The molecular formula is C23H21Cl3N2O3S2. The van der Waals surface area contributed by atoms with Crippen LogP contribution in [0.15, 0.2) is 65.6 Å². The summed E-state index contributed by atoms with van der Waals surface area (Å²) in [5.74, 6) is 1.16. The molecule has 0 radical (unpaired) electrons. The average molecular weight is 544 g/mol. The van der Waals surface area contributed by atoms with E-state index in [1.807, 2.05) is 19.1 Å². The predicted molar refractivity (Wildman–Crippen MR) is 138 cm³/mol. The molecule has 0 aliphatic carbocycles. The number of halogens is 3. The Kier molecular flexibility index (Phi) is 8.95. The molecule has 0 aliphatic rings. The minimum absolute atomic E-state index is 0.129. The van der Waals surface area contributed by atoms with Crippen molar-refractivity contribution >= 4 is 68.2 Å². The van der Waals surface area contributed by atoms with E-state index in [9.17, 15) is 13.2 Å². The Morgan fingerprint density at radius 2 is 1.64 bits per heavy atom. The number of nitrogens with one attached hydrogen (secondary N) is 2. The molecule has 1 amide bonds. The summed E-state index contributed by atoms with van der Waals surface area (Å²) < 4.78 is 27.6. The largest absolute Gasteiger partial charge is 0.351 e. The van der Waals surface area contributed by atoms with Crippen LogP contribution in [-0.4, -0.2) is 26.6 Å². The molecule has 174 valence electrons. The second-order valence-corrected chi connectivity index (χ2v) is 11.2. The van der Waals surface area contributed by atoms with Gasteiger partial charge in [-0.15, -0.1) is 0 Å². The fourth-order valence-electron chi connectivity index (χ4n) is 2.82. The van der Waals surface area contributed by atoms with Crippen molar-refractivity contribution in [3.05, 3.63) is 92.4 Å². The van der Waals surface area contributed by atoms with Crippen LogP contribution >= 0.6 is 46.6 Å². The number of carbonyl (C=O) groups excluding carboxylic acids is 1. The zero-order valence-electron chi connectivity index (χ0n) is 17.6. The Hall–Kier alpha value is -1.90. The van der Waals surface area contributed by atoms with Crippen LogP contribution in [0.5, 0.6) is 0 Å². The minimum Gasteiger partial charge on any atom is -0.351 e. The highest BCUT2D eigenvalue weighted by Gasteiger charge is 2.16. The van der Waals surface area contributed by atoms with E-state index in [1.54, 1.807) is 30.0 Å². The van der Waals surface area contributed by atoms with Gasteiger partial charge in [-0.1, -0.05) is 58.6 Å². The van der Waals surface area contributed by atoms with Gasteiger partial charge in [0.15, 0.2) is 0 Å². The van der Waals surface area contributed by atoms with Crippen LogP contribution in [0, 0.1) is 6.92 Å². The molecule has 0 fully saturated rings. The molecule has 0 saturated heterocycles. The summed E-state index contributed by atoms with van der Waals surface area (Å²) >= 11 is 19.8. The van der Waals surface area contributed by atoms with Gasteiger partial charge in [0.2, 0.25) is 0 Å². The van der Waals surface area contributed by atoms with Crippen LogP contribution in [0.1, 0.15) is 21.5 Å². The molecule has 0 heterocycles. The van der Waals surface area contributed by atoms with E-state index in [1.165, 1.54) is 30.3 Å². The normalized spacial score (nSPS) is 11.3. The predicted octanol–water partition coefficient (Wildman–Crippen LogP) is 6.42. The molecule has 0 bridgehead atoms. The summed E-state index contributed by atoms with van der Waals surface area (Å²) in [7, 11) is -3.79. The third kappa shape index (κ3) is 7.29. The number of amides is 1. The van der Waals surface area contributed by atoms with Gasteiger partial charge in [0.25, 0.3) is 15.9 Å². The second-order valence-electron chi connectivity index (χ2n) is 7.17. The molecule has 3 aromatic carbocycles. The molecular weight excluding hydrogens is 523 g/mol. The summed E-state index contributed by atoms with van der Waals surface area (Å²) in [5.41, 5.74) is 2.55. The van der Waals surface area contributed by atoms with Crippen LogP contribution in [0.4, 0.5) is 5.69 Å². The smallest absolute Gasteiger partial charge is 0.261 e. The van der Waals surface area contributed by atoms with Crippen molar-refractivity contribution in [3.63, 3.8) is 0 Å². The first-order chi connectivity index (χ1) is 15.7. The highest BCUT2D eigenvalue weighted by atomic mass is 35.5. The van der Waals surface area contributed by atoms with Crippen molar-refractivity contribution in [3.8, 4) is 0 Å². The molecule has 3 aromatic rings. The SMILES string of the molecule is Cc1ccc(S(=O)(=O)Nc2ccc(C(=O)NCCSCc3ccc(Cl)c(Cl)c3)cc2Cl)cc1.